The van der Waals surface area contributed by atoms with Crippen LogP contribution in [0.3, 0.4) is 0 Å². The van der Waals surface area contributed by atoms with Gasteiger partial charge in [-0.25, -0.2) is 4.98 Å². The number of nitrogens with zero attached hydrogens (tertiary/aromatic N) is 3. The molecular formula is C27H35N3O2. The van der Waals surface area contributed by atoms with Crippen LogP contribution in [-0.2, 0) is 11.2 Å². The summed E-state index contributed by atoms with van der Waals surface area (Å²) < 4.78 is 1.73. The van der Waals surface area contributed by atoms with Crippen LogP contribution in [0, 0.1) is 5.92 Å². The summed E-state index contributed by atoms with van der Waals surface area (Å²) in [5.74, 6) is 1.20. The highest BCUT2D eigenvalue weighted by Crippen LogP contribution is 2.26. The molecule has 1 amide bonds. The van der Waals surface area contributed by atoms with Crippen molar-refractivity contribution >= 4 is 16.8 Å². The number of benzene rings is 2. The molecule has 3 aromatic rings. The third kappa shape index (κ3) is 4.93. The largest absolute Gasteiger partial charge is 0.333 e. The van der Waals surface area contributed by atoms with Crippen LogP contribution in [0.2, 0.25) is 0 Å². The zero-order valence-corrected chi connectivity index (χ0v) is 20.0. The normalized spacial score (nSPS) is 12.3. The summed E-state index contributed by atoms with van der Waals surface area (Å²) in [7, 11) is 0. The number of aryl methyl sites for hydroxylation is 1. The van der Waals surface area contributed by atoms with Crippen LogP contribution >= 0.6 is 0 Å². The molecule has 0 saturated carbocycles. The average molecular weight is 434 g/mol. The van der Waals surface area contributed by atoms with E-state index in [0.29, 0.717) is 35.6 Å². The van der Waals surface area contributed by atoms with E-state index in [9.17, 15) is 9.59 Å². The minimum Gasteiger partial charge on any atom is -0.333 e. The van der Waals surface area contributed by atoms with Crippen molar-refractivity contribution in [3.05, 3.63) is 70.3 Å². The Morgan fingerprint density at radius 2 is 1.72 bits per heavy atom. The van der Waals surface area contributed by atoms with E-state index in [4.69, 9.17) is 4.98 Å². The molecule has 3 rings (SSSR count). The van der Waals surface area contributed by atoms with Crippen molar-refractivity contribution in [3.8, 4) is 5.69 Å². The lowest BCUT2D eigenvalue weighted by Crippen LogP contribution is -2.38. The lowest BCUT2D eigenvalue weighted by molar-refractivity contribution is -0.133. The number of hydrogen-bond donors (Lipinski definition) is 0. The van der Waals surface area contributed by atoms with Crippen LogP contribution in [0.1, 0.15) is 71.3 Å². The number of carbonyl (C=O) groups excluding carboxylic acids is 1. The highest BCUT2D eigenvalue weighted by molar-refractivity contribution is 5.79. The number of hydrogen-bond acceptors (Lipinski definition) is 3. The zero-order valence-electron chi connectivity index (χ0n) is 20.0. The predicted octanol–water partition coefficient (Wildman–Crippen LogP) is 5.68. The fourth-order valence-electron chi connectivity index (χ4n) is 4.12. The first kappa shape index (κ1) is 23.7. The first-order valence-electron chi connectivity index (χ1n) is 11.8. The number of carbonyl (C=O) groups is 1. The Bertz CT molecular complexity index is 1130. The molecule has 1 atom stereocenters. The van der Waals surface area contributed by atoms with Gasteiger partial charge >= 0.3 is 0 Å². The van der Waals surface area contributed by atoms with Gasteiger partial charge in [0.05, 0.1) is 22.6 Å². The lowest BCUT2D eigenvalue weighted by Gasteiger charge is -2.31. The van der Waals surface area contributed by atoms with Gasteiger partial charge in [0, 0.05) is 13.0 Å². The van der Waals surface area contributed by atoms with Gasteiger partial charge in [-0.1, -0.05) is 58.0 Å². The van der Waals surface area contributed by atoms with E-state index in [1.54, 1.807) is 4.57 Å². The van der Waals surface area contributed by atoms with E-state index in [-0.39, 0.29) is 17.5 Å². The van der Waals surface area contributed by atoms with E-state index < -0.39 is 0 Å². The van der Waals surface area contributed by atoms with Crippen molar-refractivity contribution in [2.75, 3.05) is 6.54 Å². The van der Waals surface area contributed by atoms with Gasteiger partial charge in [0.2, 0.25) is 5.91 Å². The van der Waals surface area contributed by atoms with E-state index in [1.807, 2.05) is 67.3 Å². The van der Waals surface area contributed by atoms with E-state index >= 15 is 0 Å². The number of para-hydroxylation sites is 2. The molecular weight excluding hydrogens is 398 g/mol. The molecule has 32 heavy (non-hydrogen) atoms. The number of aromatic nitrogens is 2. The molecule has 0 aliphatic heterocycles. The molecule has 5 heteroatoms. The summed E-state index contributed by atoms with van der Waals surface area (Å²) in [4.78, 5) is 33.7. The van der Waals surface area contributed by atoms with Gasteiger partial charge in [-0.3, -0.25) is 14.2 Å². The van der Waals surface area contributed by atoms with Gasteiger partial charge in [0.1, 0.15) is 5.82 Å². The molecule has 0 aliphatic rings. The van der Waals surface area contributed by atoms with Crippen LogP contribution in [-0.4, -0.2) is 26.9 Å². The molecule has 170 valence electrons. The number of fused-ring (bicyclic) bond motifs is 1. The first-order chi connectivity index (χ1) is 15.4. The van der Waals surface area contributed by atoms with Crippen LogP contribution in [0.5, 0.6) is 0 Å². The second-order valence-corrected chi connectivity index (χ2v) is 8.81. The molecule has 1 unspecified atom stereocenters. The standard InChI is InChI=1S/C27H35N3O2/c1-6-12-25(31)29(18-17-19(3)4)20(5)26-28-23-15-10-9-14-22(23)27(32)30(26)24-16-11-8-13-21(24)7-2/h8-11,13-16,19-20H,6-7,12,17-18H2,1-5H3. The number of rotatable bonds is 9. The highest BCUT2D eigenvalue weighted by Gasteiger charge is 2.27. The Morgan fingerprint density at radius 1 is 1.03 bits per heavy atom. The molecule has 0 saturated heterocycles. The van der Waals surface area contributed by atoms with Gasteiger partial charge in [0.15, 0.2) is 0 Å². The van der Waals surface area contributed by atoms with Crippen LogP contribution < -0.4 is 5.56 Å². The topological polar surface area (TPSA) is 55.2 Å². The maximum absolute atomic E-state index is 13.7. The summed E-state index contributed by atoms with van der Waals surface area (Å²) in [5.41, 5.74) is 2.49. The fraction of sp³-hybridized carbons (Fsp3) is 0.444. The van der Waals surface area contributed by atoms with Crippen LogP contribution in [0.25, 0.3) is 16.6 Å². The van der Waals surface area contributed by atoms with E-state index in [2.05, 4.69) is 20.8 Å². The van der Waals surface area contributed by atoms with Crippen molar-refractivity contribution < 1.29 is 4.79 Å². The Kier molecular flexibility index (Phi) is 7.84. The summed E-state index contributed by atoms with van der Waals surface area (Å²) in [6.07, 6.45) is 2.99. The Labute approximate surface area is 191 Å². The minimum absolute atomic E-state index is 0.0925. The van der Waals surface area contributed by atoms with Crippen molar-refractivity contribution in [2.45, 2.75) is 66.3 Å². The molecule has 1 heterocycles. The smallest absolute Gasteiger partial charge is 0.266 e. The van der Waals surface area contributed by atoms with Crippen molar-refractivity contribution in [1.82, 2.24) is 14.5 Å². The van der Waals surface area contributed by atoms with Crippen molar-refractivity contribution in [1.29, 1.82) is 0 Å². The SMILES string of the molecule is CCCC(=O)N(CCC(C)C)C(C)c1nc2ccccc2c(=O)n1-c1ccccc1CC. The molecule has 0 N–H and O–H groups in total. The second-order valence-electron chi connectivity index (χ2n) is 8.81. The molecule has 0 fully saturated rings. The van der Waals surface area contributed by atoms with Gasteiger partial charge in [-0.15, -0.1) is 0 Å². The summed E-state index contributed by atoms with van der Waals surface area (Å²) >= 11 is 0. The van der Waals surface area contributed by atoms with E-state index in [0.717, 1.165) is 30.5 Å². The van der Waals surface area contributed by atoms with E-state index in [1.165, 1.54) is 0 Å². The maximum atomic E-state index is 13.7. The zero-order chi connectivity index (χ0) is 23.3. The molecule has 0 spiro atoms. The maximum Gasteiger partial charge on any atom is 0.266 e. The van der Waals surface area contributed by atoms with Crippen molar-refractivity contribution in [2.24, 2.45) is 5.92 Å². The molecule has 1 aromatic heterocycles. The molecule has 2 aromatic carbocycles. The monoisotopic (exact) mass is 433 g/mol. The quantitative estimate of drug-likeness (QED) is 0.436. The van der Waals surface area contributed by atoms with Crippen LogP contribution in [0.15, 0.2) is 53.3 Å². The summed E-state index contributed by atoms with van der Waals surface area (Å²) in [6.45, 7) is 11.1. The predicted molar refractivity (Wildman–Crippen MR) is 131 cm³/mol. The lowest BCUT2D eigenvalue weighted by atomic mass is 10.1. The van der Waals surface area contributed by atoms with Gasteiger partial charge in [-0.05, 0) is 55.9 Å². The third-order valence-corrected chi connectivity index (χ3v) is 5.99. The molecule has 0 radical (unpaired) electrons. The Hall–Kier alpha value is -2.95. The molecule has 5 nitrogen and oxygen atoms in total. The average Bonchev–Trinajstić information content (AvgIpc) is 2.79. The Balaban J connectivity index is 2.25. The minimum atomic E-state index is -0.324. The Morgan fingerprint density at radius 3 is 2.41 bits per heavy atom. The number of amides is 1. The molecule has 0 bridgehead atoms. The van der Waals surface area contributed by atoms with Crippen LogP contribution in [0.4, 0.5) is 0 Å². The van der Waals surface area contributed by atoms with Gasteiger partial charge < -0.3 is 4.90 Å². The van der Waals surface area contributed by atoms with Gasteiger partial charge in [-0.2, -0.15) is 0 Å². The summed E-state index contributed by atoms with van der Waals surface area (Å²) in [5, 5.41) is 0.586. The van der Waals surface area contributed by atoms with Gasteiger partial charge in [0.25, 0.3) is 5.56 Å². The molecule has 0 aliphatic carbocycles. The fourth-order valence-corrected chi connectivity index (χ4v) is 4.12. The highest BCUT2D eigenvalue weighted by atomic mass is 16.2. The second kappa shape index (κ2) is 10.6. The third-order valence-electron chi connectivity index (χ3n) is 5.99. The first-order valence-corrected chi connectivity index (χ1v) is 11.8. The summed E-state index contributed by atoms with van der Waals surface area (Å²) in [6, 6.07) is 15.1. The van der Waals surface area contributed by atoms with Crippen molar-refractivity contribution in [3.63, 3.8) is 0 Å².